The molecule has 5 heteroatoms. The van der Waals surface area contributed by atoms with Gasteiger partial charge in [0.1, 0.15) is 5.69 Å². The molecular weight excluding hydrogens is 292 g/mol. The molecule has 3 rings (SSSR count). The van der Waals surface area contributed by atoms with Crippen LogP contribution in [0.3, 0.4) is 0 Å². The zero-order valence-electron chi connectivity index (χ0n) is 13.3. The summed E-state index contributed by atoms with van der Waals surface area (Å²) in [5, 5.41) is 9.37. The van der Waals surface area contributed by atoms with Gasteiger partial charge in [0.2, 0.25) is 0 Å². The number of rotatable bonds is 3. The van der Waals surface area contributed by atoms with Crippen molar-refractivity contribution >= 4 is 5.91 Å². The fraction of sp³-hybridized carbons (Fsp3) is 0.389. The minimum Gasteiger partial charge on any atom is -0.396 e. The average molecular weight is 314 g/mol. The Balaban J connectivity index is 1.84. The molecule has 2 heterocycles. The molecule has 1 saturated heterocycles. The second kappa shape index (κ2) is 6.98. The highest BCUT2D eigenvalue weighted by Gasteiger charge is 2.25. The molecule has 1 aliphatic heterocycles. The number of benzene rings is 1. The van der Waals surface area contributed by atoms with E-state index in [1.807, 2.05) is 54.1 Å². The van der Waals surface area contributed by atoms with E-state index in [9.17, 15) is 9.90 Å². The van der Waals surface area contributed by atoms with Gasteiger partial charge in [0.05, 0.1) is 13.2 Å². The Labute approximate surface area is 136 Å². The number of aliphatic hydroxyl groups excluding tert-OH is 1. The quantitative estimate of drug-likeness (QED) is 0.939. The molecule has 2 aromatic rings. The minimum atomic E-state index is -0.0182. The van der Waals surface area contributed by atoms with Gasteiger partial charge in [0.25, 0.3) is 5.91 Å². The predicted octanol–water partition coefficient (Wildman–Crippen LogP) is 1.77. The van der Waals surface area contributed by atoms with Crippen molar-refractivity contribution in [3.63, 3.8) is 0 Å². The van der Waals surface area contributed by atoms with Gasteiger partial charge in [-0.05, 0) is 17.7 Å². The van der Waals surface area contributed by atoms with Crippen LogP contribution < -0.4 is 0 Å². The van der Waals surface area contributed by atoms with Crippen molar-refractivity contribution < 1.29 is 14.6 Å². The van der Waals surface area contributed by atoms with Crippen LogP contribution in [0, 0.1) is 5.92 Å². The third-order valence-corrected chi connectivity index (χ3v) is 4.29. The van der Waals surface area contributed by atoms with Gasteiger partial charge in [-0.1, -0.05) is 30.3 Å². The number of carbonyl (C=O) groups excluding carboxylic acids is 1. The fourth-order valence-corrected chi connectivity index (χ4v) is 2.96. The van der Waals surface area contributed by atoms with E-state index in [0.29, 0.717) is 32.0 Å². The second-order valence-corrected chi connectivity index (χ2v) is 5.90. The molecule has 1 amide bonds. The lowest BCUT2D eigenvalue weighted by molar-refractivity contribution is 0.0719. The Morgan fingerprint density at radius 1 is 1.26 bits per heavy atom. The van der Waals surface area contributed by atoms with Gasteiger partial charge < -0.3 is 19.3 Å². The number of ether oxygens (including phenoxy) is 1. The van der Waals surface area contributed by atoms with Crippen LogP contribution in [0.5, 0.6) is 0 Å². The van der Waals surface area contributed by atoms with Crippen molar-refractivity contribution in [1.29, 1.82) is 0 Å². The van der Waals surface area contributed by atoms with Gasteiger partial charge >= 0.3 is 0 Å². The lowest BCUT2D eigenvalue weighted by atomic mass is 10.1. The number of amides is 1. The molecule has 1 aromatic carbocycles. The van der Waals surface area contributed by atoms with Crippen LogP contribution >= 0.6 is 0 Å². The zero-order valence-corrected chi connectivity index (χ0v) is 13.3. The summed E-state index contributed by atoms with van der Waals surface area (Å²) in [4.78, 5) is 14.6. The normalized spacial score (nSPS) is 18.7. The van der Waals surface area contributed by atoms with E-state index in [2.05, 4.69) is 0 Å². The Morgan fingerprint density at radius 3 is 2.78 bits per heavy atom. The van der Waals surface area contributed by atoms with Crippen LogP contribution in [-0.4, -0.2) is 53.4 Å². The number of carbonyl (C=O) groups is 1. The van der Waals surface area contributed by atoms with Gasteiger partial charge in [-0.15, -0.1) is 0 Å². The third-order valence-electron chi connectivity index (χ3n) is 4.29. The maximum absolute atomic E-state index is 12.8. The Morgan fingerprint density at radius 2 is 2.04 bits per heavy atom. The van der Waals surface area contributed by atoms with Gasteiger partial charge in [0.15, 0.2) is 0 Å². The van der Waals surface area contributed by atoms with E-state index < -0.39 is 0 Å². The van der Waals surface area contributed by atoms with E-state index in [4.69, 9.17) is 4.74 Å². The average Bonchev–Trinajstić information content (AvgIpc) is 2.82. The van der Waals surface area contributed by atoms with Crippen LogP contribution in [0.2, 0.25) is 0 Å². The first-order valence-electron chi connectivity index (χ1n) is 7.89. The van der Waals surface area contributed by atoms with Crippen molar-refractivity contribution in [2.45, 2.75) is 0 Å². The standard InChI is InChI=1S/C18H22N2O3/c1-19-16(15-5-3-2-4-6-15)7-8-17(19)18(22)20-9-10-23-13-14(11-20)12-21/h2-8,14,21H,9-13H2,1H3. The summed E-state index contributed by atoms with van der Waals surface area (Å²) in [6, 6.07) is 13.9. The molecule has 23 heavy (non-hydrogen) atoms. The summed E-state index contributed by atoms with van der Waals surface area (Å²) in [6.45, 7) is 2.13. The second-order valence-electron chi connectivity index (χ2n) is 5.90. The molecular formula is C18H22N2O3. The zero-order chi connectivity index (χ0) is 16.2. The van der Waals surface area contributed by atoms with E-state index >= 15 is 0 Å². The third kappa shape index (κ3) is 3.30. The van der Waals surface area contributed by atoms with Crippen LogP contribution in [0.25, 0.3) is 11.3 Å². The Hall–Kier alpha value is -2.11. The largest absolute Gasteiger partial charge is 0.396 e. The molecule has 1 aromatic heterocycles. The summed E-state index contributed by atoms with van der Waals surface area (Å²) in [6.07, 6.45) is 0. The van der Waals surface area contributed by atoms with Crippen molar-refractivity contribution in [3.05, 3.63) is 48.2 Å². The van der Waals surface area contributed by atoms with Crippen LogP contribution in [0.15, 0.2) is 42.5 Å². The van der Waals surface area contributed by atoms with E-state index in [-0.39, 0.29) is 18.4 Å². The Bertz CT molecular complexity index is 666. The van der Waals surface area contributed by atoms with Gasteiger partial charge in [0, 0.05) is 38.4 Å². The molecule has 1 aliphatic rings. The first-order chi connectivity index (χ1) is 11.2. The van der Waals surface area contributed by atoms with E-state index in [1.165, 1.54) is 0 Å². The van der Waals surface area contributed by atoms with E-state index in [0.717, 1.165) is 11.3 Å². The Kier molecular flexibility index (Phi) is 4.79. The highest BCUT2D eigenvalue weighted by atomic mass is 16.5. The maximum atomic E-state index is 12.8. The van der Waals surface area contributed by atoms with Gasteiger partial charge in [-0.2, -0.15) is 0 Å². The highest BCUT2D eigenvalue weighted by Crippen LogP contribution is 2.22. The molecule has 1 N–H and O–H groups in total. The lowest BCUT2D eigenvalue weighted by Gasteiger charge is -2.23. The maximum Gasteiger partial charge on any atom is 0.270 e. The van der Waals surface area contributed by atoms with Crippen LogP contribution in [0.1, 0.15) is 10.5 Å². The smallest absolute Gasteiger partial charge is 0.270 e. The van der Waals surface area contributed by atoms with Crippen LogP contribution in [0.4, 0.5) is 0 Å². The van der Waals surface area contributed by atoms with E-state index in [1.54, 1.807) is 4.90 Å². The number of hydrogen-bond donors (Lipinski definition) is 1. The molecule has 0 radical (unpaired) electrons. The molecule has 0 spiro atoms. The first kappa shape index (κ1) is 15.8. The summed E-state index contributed by atoms with van der Waals surface area (Å²) in [5.41, 5.74) is 2.75. The van der Waals surface area contributed by atoms with Crippen molar-refractivity contribution in [3.8, 4) is 11.3 Å². The van der Waals surface area contributed by atoms with Gasteiger partial charge in [-0.3, -0.25) is 4.79 Å². The summed E-state index contributed by atoms with van der Waals surface area (Å²) in [5.74, 6) is -0.0334. The first-order valence-corrected chi connectivity index (χ1v) is 7.89. The molecule has 0 saturated carbocycles. The molecule has 5 nitrogen and oxygen atoms in total. The van der Waals surface area contributed by atoms with Crippen molar-refractivity contribution in [2.24, 2.45) is 13.0 Å². The van der Waals surface area contributed by atoms with Gasteiger partial charge in [-0.25, -0.2) is 0 Å². The van der Waals surface area contributed by atoms with Crippen LogP contribution in [-0.2, 0) is 11.8 Å². The molecule has 1 unspecified atom stereocenters. The minimum absolute atomic E-state index is 0.0152. The fourth-order valence-electron chi connectivity index (χ4n) is 2.96. The topological polar surface area (TPSA) is 54.7 Å². The summed E-state index contributed by atoms with van der Waals surface area (Å²) < 4.78 is 7.39. The lowest BCUT2D eigenvalue weighted by Crippen LogP contribution is -2.37. The summed E-state index contributed by atoms with van der Waals surface area (Å²) >= 11 is 0. The molecule has 122 valence electrons. The predicted molar refractivity (Wildman–Crippen MR) is 88.1 cm³/mol. The summed E-state index contributed by atoms with van der Waals surface area (Å²) in [7, 11) is 1.91. The number of nitrogens with zero attached hydrogens (tertiary/aromatic N) is 2. The molecule has 0 bridgehead atoms. The van der Waals surface area contributed by atoms with Crippen molar-refractivity contribution in [1.82, 2.24) is 9.47 Å². The monoisotopic (exact) mass is 314 g/mol. The number of aliphatic hydroxyl groups is 1. The van der Waals surface area contributed by atoms with Crippen molar-refractivity contribution in [2.75, 3.05) is 32.9 Å². The number of aromatic nitrogens is 1. The number of hydrogen-bond acceptors (Lipinski definition) is 3. The SMILES string of the molecule is Cn1c(C(=O)N2CCOCC(CO)C2)ccc1-c1ccccc1. The molecule has 1 fully saturated rings. The highest BCUT2D eigenvalue weighted by molar-refractivity contribution is 5.94. The molecule has 1 atom stereocenters. The molecule has 0 aliphatic carbocycles.